The lowest BCUT2D eigenvalue weighted by Crippen LogP contribution is -2.08. The van der Waals surface area contributed by atoms with Crippen molar-refractivity contribution in [3.05, 3.63) is 0 Å². The van der Waals surface area contributed by atoms with Crippen molar-refractivity contribution in [1.82, 2.24) is 0 Å². The van der Waals surface area contributed by atoms with Crippen LogP contribution in [0.3, 0.4) is 0 Å². The van der Waals surface area contributed by atoms with Crippen LogP contribution in [0, 0.1) is 0 Å². The average molecular weight is 144 g/mol. The fourth-order valence-electron chi connectivity index (χ4n) is 1.12. The molecular weight excluding hydrogens is 128 g/mol. The Bertz CT molecular complexity index is 106. The molecule has 10 heavy (non-hydrogen) atoms. The van der Waals surface area contributed by atoms with Crippen molar-refractivity contribution in [2.75, 3.05) is 0 Å². The SMILES string of the molecule is CC(O)CCCC1(O)CC1. The second-order valence-corrected chi connectivity index (χ2v) is 3.47. The Morgan fingerprint density at radius 2 is 2.10 bits per heavy atom. The fourth-order valence-corrected chi connectivity index (χ4v) is 1.12. The molecule has 0 aromatic carbocycles. The Labute approximate surface area is 61.9 Å². The zero-order valence-corrected chi connectivity index (χ0v) is 6.51. The Balaban J connectivity index is 1.95. The second-order valence-electron chi connectivity index (χ2n) is 3.47. The highest BCUT2D eigenvalue weighted by Gasteiger charge is 2.39. The molecule has 1 atom stereocenters. The Kier molecular flexibility index (Phi) is 2.32. The van der Waals surface area contributed by atoms with Crippen LogP contribution < -0.4 is 0 Å². The molecule has 0 saturated heterocycles. The average Bonchev–Trinajstić information content (AvgIpc) is 2.47. The molecule has 1 rings (SSSR count). The summed E-state index contributed by atoms with van der Waals surface area (Å²) in [6.45, 7) is 1.79. The summed E-state index contributed by atoms with van der Waals surface area (Å²) in [6.07, 6.45) is 4.37. The maximum absolute atomic E-state index is 9.36. The standard InChI is InChI=1S/C8H16O2/c1-7(9)3-2-4-8(10)5-6-8/h7,9-10H,2-6H2,1H3. The topological polar surface area (TPSA) is 40.5 Å². The van der Waals surface area contributed by atoms with Gasteiger partial charge >= 0.3 is 0 Å². The Hall–Kier alpha value is -0.0800. The molecule has 1 saturated carbocycles. The third-order valence-corrected chi connectivity index (χ3v) is 2.09. The van der Waals surface area contributed by atoms with Crippen LogP contribution in [0.25, 0.3) is 0 Å². The smallest absolute Gasteiger partial charge is 0.0650 e. The first-order valence-electron chi connectivity index (χ1n) is 4.03. The van der Waals surface area contributed by atoms with Crippen LogP contribution in [0.5, 0.6) is 0 Å². The van der Waals surface area contributed by atoms with E-state index in [1.165, 1.54) is 0 Å². The van der Waals surface area contributed by atoms with E-state index in [4.69, 9.17) is 5.11 Å². The van der Waals surface area contributed by atoms with Gasteiger partial charge in [0.25, 0.3) is 0 Å². The normalized spacial score (nSPS) is 24.3. The van der Waals surface area contributed by atoms with Gasteiger partial charge in [0.1, 0.15) is 0 Å². The monoisotopic (exact) mass is 144 g/mol. The zero-order valence-electron chi connectivity index (χ0n) is 6.51. The van der Waals surface area contributed by atoms with Gasteiger partial charge in [0, 0.05) is 0 Å². The predicted molar refractivity (Wildman–Crippen MR) is 39.7 cm³/mol. The quantitative estimate of drug-likeness (QED) is 0.619. The first kappa shape index (κ1) is 8.02. The Morgan fingerprint density at radius 1 is 1.50 bits per heavy atom. The van der Waals surface area contributed by atoms with Crippen molar-refractivity contribution >= 4 is 0 Å². The van der Waals surface area contributed by atoms with E-state index in [0.29, 0.717) is 0 Å². The van der Waals surface area contributed by atoms with Crippen molar-refractivity contribution in [3.63, 3.8) is 0 Å². The van der Waals surface area contributed by atoms with Crippen LogP contribution in [0.1, 0.15) is 39.0 Å². The molecule has 0 amide bonds. The summed E-state index contributed by atoms with van der Waals surface area (Å²) in [7, 11) is 0. The number of hydrogen-bond acceptors (Lipinski definition) is 2. The van der Waals surface area contributed by atoms with Crippen molar-refractivity contribution < 1.29 is 10.2 Å². The summed E-state index contributed by atoms with van der Waals surface area (Å²) < 4.78 is 0. The van der Waals surface area contributed by atoms with E-state index in [1.54, 1.807) is 6.92 Å². The van der Waals surface area contributed by atoms with Gasteiger partial charge in [0.2, 0.25) is 0 Å². The van der Waals surface area contributed by atoms with E-state index in [9.17, 15) is 5.11 Å². The first-order chi connectivity index (χ1) is 4.62. The van der Waals surface area contributed by atoms with Gasteiger partial charge in [-0.2, -0.15) is 0 Å². The van der Waals surface area contributed by atoms with Gasteiger partial charge in [-0.1, -0.05) is 0 Å². The van der Waals surface area contributed by atoms with Crippen LogP contribution in [0.4, 0.5) is 0 Å². The summed E-state index contributed by atoms with van der Waals surface area (Å²) in [4.78, 5) is 0. The molecule has 1 fully saturated rings. The van der Waals surface area contributed by atoms with Crippen molar-refractivity contribution in [3.8, 4) is 0 Å². The van der Waals surface area contributed by atoms with Gasteiger partial charge in [0.05, 0.1) is 11.7 Å². The summed E-state index contributed by atoms with van der Waals surface area (Å²) in [5.41, 5.74) is -0.325. The van der Waals surface area contributed by atoms with Crippen molar-refractivity contribution in [2.45, 2.75) is 50.7 Å². The molecule has 0 aromatic heterocycles. The molecular formula is C8H16O2. The highest BCUT2D eigenvalue weighted by atomic mass is 16.3. The lowest BCUT2D eigenvalue weighted by Gasteiger charge is -2.07. The molecule has 1 aliphatic carbocycles. The minimum atomic E-state index is -0.325. The minimum absolute atomic E-state index is 0.206. The molecule has 0 aliphatic heterocycles. The van der Waals surface area contributed by atoms with Crippen LogP contribution >= 0.6 is 0 Å². The molecule has 0 aromatic rings. The maximum atomic E-state index is 9.36. The van der Waals surface area contributed by atoms with Gasteiger partial charge in [-0.3, -0.25) is 0 Å². The van der Waals surface area contributed by atoms with E-state index in [2.05, 4.69) is 0 Å². The highest BCUT2D eigenvalue weighted by molar-refractivity contribution is 4.92. The summed E-state index contributed by atoms with van der Waals surface area (Å²) in [5, 5.41) is 18.2. The molecule has 60 valence electrons. The first-order valence-corrected chi connectivity index (χ1v) is 4.03. The highest BCUT2D eigenvalue weighted by Crippen LogP contribution is 2.39. The van der Waals surface area contributed by atoms with Gasteiger partial charge in [-0.25, -0.2) is 0 Å². The lowest BCUT2D eigenvalue weighted by atomic mass is 10.1. The fraction of sp³-hybridized carbons (Fsp3) is 1.00. The maximum Gasteiger partial charge on any atom is 0.0650 e. The van der Waals surface area contributed by atoms with Crippen LogP contribution in [-0.2, 0) is 0 Å². The van der Waals surface area contributed by atoms with Crippen molar-refractivity contribution in [2.24, 2.45) is 0 Å². The number of aliphatic hydroxyl groups is 2. The van der Waals surface area contributed by atoms with Gasteiger partial charge in [-0.15, -0.1) is 0 Å². The van der Waals surface area contributed by atoms with Crippen LogP contribution in [0.15, 0.2) is 0 Å². The van der Waals surface area contributed by atoms with E-state index in [-0.39, 0.29) is 11.7 Å². The zero-order chi connectivity index (χ0) is 7.61. The van der Waals surface area contributed by atoms with Crippen LogP contribution in [0.2, 0.25) is 0 Å². The third kappa shape index (κ3) is 2.67. The number of rotatable bonds is 4. The summed E-state index contributed by atoms with van der Waals surface area (Å²) >= 11 is 0. The van der Waals surface area contributed by atoms with Crippen molar-refractivity contribution in [1.29, 1.82) is 0 Å². The minimum Gasteiger partial charge on any atom is -0.393 e. The molecule has 2 nitrogen and oxygen atoms in total. The number of hydrogen-bond donors (Lipinski definition) is 2. The Morgan fingerprint density at radius 3 is 2.50 bits per heavy atom. The molecule has 1 unspecified atom stereocenters. The van der Waals surface area contributed by atoms with Gasteiger partial charge in [0.15, 0.2) is 0 Å². The second kappa shape index (κ2) is 2.89. The molecule has 2 N–H and O–H groups in total. The number of aliphatic hydroxyl groups excluding tert-OH is 1. The van der Waals surface area contributed by atoms with E-state index < -0.39 is 0 Å². The molecule has 0 bridgehead atoms. The third-order valence-electron chi connectivity index (χ3n) is 2.09. The van der Waals surface area contributed by atoms with E-state index >= 15 is 0 Å². The predicted octanol–water partition coefficient (Wildman–Crippen LogP) is 1.06. The van der Waals surface area contributed by atoms with E-state index in [1.807, 2.05) is 0 Å². The summed E-state index contributed by atoms with van der Waals surface area (Å²) in [6, 6.07) is 0. The molecule has 0 heterocycles. The largest absolute Gasteiger partial charge is 0.393 e. The molecule has 2 heteroatoms. The van der Waals surface area contributed by atoms with Gasteiger partial charge in [-0.05, 0) is 39.0 Å². The molecule has 1 aliphatic rings. The summed E-state index contributed by atoms with van der Waals surface area (Å²) in [5.74, 6) is 0. The van der Waals surface area contributed by atoms with E-state index in [0.717, 1.165) is 32.1 Å². The molecule has 0 radical (unpaired) electrons. The van der Waals surface area contributed by atoms with Crippen LogP contribution in [-0.4, -0.2) is 21.9 Å². The lowest BCUT2D eigenvalue weighted by molar-refractivity contribution is 0.124. The van der Waals surface area contributed by atoms with Gasteiger partial charge < -0.3 is 10.2 Å². The molecule has 0 spiro atoms.